The maximum absolute atomic E-state index is 6.03. The lowest BCUT2D eigenvalue weighted by Crippen LogP contribution is -2.27. The molecule has 0 aromatic heterocycles. The zero-order valence-corrected chi connectivity index (χ0v) is 12.1. The van der Waals surface area contributed by atoms with Gasteiger partial charge in [-0.2, -0.15) is 0 Å². The molecular formula is C17H25NO. The predicted octanol–water partition coefficient (Wildman–Crippen LogP) is 3.47. The molecule has 2 atom stereocenters. The number of aryl methyl sites for hydroxylation is 1. The molecule has 0 amide bonds. The van der Waals surface area contributed by atoms with Crippen molar-refractivity contribution in [2.45, 2.75) is 57.6 Å². The lowest BCUT2D eigenvalue weighted by atomic mass is 10.0. The largest absolute Gasteiger partial charge is 0.490 e. The third kappa shape index (κ3) is 3.11. The Bertz CT molecular complexity index is 439. The van der Waals surface area contributed by atoms with Crippen LogP contribution in [0.15, 0.2) is 18.2 Å². The molecule has 1 aliphatic heterocycles. The van der Waals surface area contributed by atoms with E-state index in [9.17, 15) is 0 Å². The number of hydrogen-bond acceptors (Lipinski definition) is 2. The van der Waals surface area contributed by atoms with Gasteiger partial charge in [0.1, 0.15) is 11.9 Å². The van der Waals surface area contributed by atoms with E-state index < -0.39 is 0 Å². The van der Waals surface area contributed by atoms with Crippen LogP contribution in [0.5, 0.6) is 5.75 Å². The molecule has 1 aromatic carbocycles. The van der Waals surface area contributed by atoms with Crippen molar-refractivity contribution >= 4 is 0 Å². The second-order valence-electron chi connectivity index (χ2n) is 6.22. The molecule has 0 radical (unpaired) electrons. The second kappa shape index (κ2) is 5.54. The van der Waals surface area contributed by atoms with Crippen LogP contribution in [0.1, 0.15) is 43.2 Å². The molecule has 1 aromatic rings. The topological polar surface area (TPSA) is 21.3 Å². The highest BCUT2D eigenvalue weighted by Crippen LogP contribution is 2.35. The van der Waals surface area contributed by atoms with Crippen molar-refractivity contribution in [2.75, 3.05) is 7.05 Å². The standard InChI is InChI=1S/C17H25NO/c1-12-6-9-17-14(10-12)11-15(19-17)4-3-5-16(18-2)13-7-8-13/h6,9-10,13,15-16,18H,3-5,7-8,11H2,1-2H3. The number of fused-ring (bicyclic) bond motifs is 1. The van der Waals surface area contributed by atoms with Crippen molar-refractivity contribution in [3.63, 3.8) is 0 Å². The highest BCUT2D eigenvalue weighted by atomic mass is 16.5. The first-order chi connectivity index (χ1) is 9.26. The minimum absolute atomic E-state index is 0.411. The van der Waals surface area contributed by atoms with E-state index in [-0.39, 0.29) is 0 Å². The fourth-order valence-corrected chi connectivity index (χ4v) is 3.29. The molecule has 1 heterocycles. The van der Waals surface area contributed by atoms with E-state index >= 15 is 0 Å². The molecule has 2 aliphatic rings. The average Bonchev–Trinajstić information content (AvgIpc) is 3.15. The maximum atomic E-state index is 6.03. The number of rotatable bonds is 6. The van der Waals surface area contributed by atoms with Gasteiger partial charge in [0.2, 0.25) is 0 Å². The highest BCUT2D eigenvalue weighted by molar-refractivity contribution is 5.40. The van der Waals surface area contributed by atoms with Crippen LogP contribution in [-0.4, -0.2) is 19.2 Å². The molecule has 2 nitrogen and oxygen atoms in total. The van der Waals surface area contributed by atoms with Gasteiger partial charge in [0.15, 0.2) is 0 Å². The van der Waals surface area contributed by atoms with Crippen LogP contribution in [0.2, 0.25) is 0 Å². The van der Waals surface area contributed by atoms with E-state index in [1.165, 1.54) is 43.2 Å². The Morgan fingerprint density at radius 2 is 2.21 bits per heavy atom. The van der Waals surface area contributed by atoms with Crippen LogP contribution >= 0.6 is 0 Å². The maximum Gasteiger partial charge on any atom is 0.123 e. The molecule has 1 saturated carbocycles. The van der Waals surface area contributed by atoms with Crippen LogP contribution in [0.3, 0.4) is 0 Å². The summed E-state index contributed by atoms with van der Waals surface area (Å²) in [6, 6.07) is 7.29. The smallest absolute Gasteiger partial charge is 0.123 e. The van der Waals surface area contributed by atoms with E-state index in [0.717, 1.165) is 24.1 Å². The minimum Gasteiger partial charge on any atom is -0.490 e. The molecular weight excluding hydrogens is 234 g/mol. The number of hydrogen-bond donors (Lipinski definition) is 1. The molecule has 1 N–H and O–H groups in total. The van der Waals surface area contributed by atoms with Crippen LogP contribution in [0, 0.1) is 12.8 Å². The first-order valence-corrected chi connectivity index (χ1v) is 7.69. The fourth-order valence-electron chi connectivity index (χ4n) is 3.29. The molecule has 0 spiro atoms. The van der Waals surface area contributed by atoms with Crippen molar-refractivity contribution in [2.24, 2.45) is 5.92 Å². The van der Waals surface area contributed by atoms with Gasteiger partial charge >= 0.3 is 0 Å². The normalized spacial score (nSPS) is 22.9. The summed E-state index contributed by atoms with van der Waals surface area (Å²) in [5, 5.41) is 3.47. The Labute approximate surface area is 116 Å². The fraction of sp³-hybridized carbons (Fsp3) is 0.647. The molecule has 2 heteroatoms. The second-order valence-corrected chi connectivity index (χ2v) is 6.22. The summed E-state index contributed by atoms with van der Waals surface area (Å²) in [6.07, 6.45) is 8.14. The molecule has 19 heavy (non-hydrogen) atoms. The summed E-state index contributed by atoms with van der Waals surface area (Å²) in [5.74, 6) is 2.07. The van der Waals surface area contributed by atoms with Gasteiger partial charge < -0.3 is 10.1 Å². The van der Waals surface area contributed by atoms with Crippen molar-refractivity contribution in [1.29, 1.82) is 0 Å². The number of ether oxygens (including phenoxy) is 1. The van der Waals surface area contributed by atoms with Gasteiger partial charge in [0.25, 0.3) is 0 Å². The predicted molar refractivity (Wildman–Crippen MR) is 78.7 cm³/mol. The van der Waals surface area contributed by atoms with Crippen molar-refractivity contribution in [3.8, 4) is 5.75 Å². The van der Waals surface area contributed by atoms with Crippen LogP contribution in [0.25, 0.3) is 0 Å². The minimum atomic E-state index is 0.411. The van der Waals surface area contributed by atoms with Gasteiger partial charge in [0.05, 0.1) is 0 Å². The van der Waals surface area contributed by atoms with Gasteiger partial charge in [-0.05, 0) is 63.6 Å². The van der Waals surface area contributed by atoms with Gasteiger partial charge in [-0.15, -0.1) is 0 Å². The number of nitrogens with one attached hydrogen (secondary N) is 1. The van der Waals surface area contributed by atoms with Gasteiger partial charge in [-0.1, -0.05) is 17.7 Å². The van der Waals surface area contributed by atoms with Crippen molar-refractivity contribution in [1.82, 2.24) is 5.32 Å². The Morgan fingerprint density at radius 1 is 1.37 bits per heavy atom. The third-order valence-corrected chi connectivity index (χ3v) is 4.56. The van der Waals surface area contributed by atoms with Crippen LogP contribution in [-0.2, 0) is 6.42 Å². The molecule has 0 saturated heterocycles. The summed E-state index contributed by atoms with van der Waals surface area (Å²) < 4.78 is 6.03. The van der Waals surface area contributed by atoms with E-state index in [1.807, 2.05) is 0 Å². The summed E-state index contributed by atoms with van der Waals surface area (Å²) in [5.41, 5.74) is 2.74. The molecule has 1 aliphatic carbocycles. The SMILES string of the molecule is CNC(CCCC1Cc2cc(C)ccc2O1)C1CC1. The van der Waals surface area contributed by atoms with E-state index in [0.29, 0.717) is 6.10 Å². The van der Waals surface area contributed by atoms with Crippen LogP contribution < -0.4 is 10.1 Å². The van der Waals surface area contributed by atoms with Gasteiger partial charge in [0, 0.05) is 12.5 Å². The van der Waals surface area contributed by atoms with E-state index in [2.05, 4.69) is 37.5 Å². The Kier molecular flexibility index (Phi) is 3.79. The van der Waals surface area contributed by atoms with Crippen molar-refractivity contribution < 1.29 is 4.74 Å². The summed E-state index contributed by atoms with van der Waals surface area (Å²) >= 11 is 0. The lowest BCUT2D eigenvalue weighted by molar-refractivity contribution is 0.214. The van der Waals surface area contributed by atoms with Crippen molar-refractivity contribution in [3.05, 3.63) is 29.3 Å². The zero-order chi connectivity index (χ0) is 13.2. The summed E-state index contributed by atoms with van der Waals surface area (Å²) in [4.78, 5) is 0. The average molecular weight is 259 g/mol. The zero-order valence-electron chi connectivity index (χ0n) is 12.1. The summed E-state index contributed by atoms with van der Waals surface area (Å²) in [7, 11) is 2.10. The monoisotopic (exact) mass is 259 g/mol. The first-order valence-electron chi connectivity index (χ1n) is 7.69. The van der Waals surface area contributed by atoms with E-state index in [4.69, 9.17) is 4.74 Å². The van der Waals surface area contributed by atoms with Gasteiger partial charge in [-0.3, -0.25) is 0 Å². The number of benzene rings is 1. The quantitative estimate of drug-likeness (QED) is 0.844. The van der Waals surface area contributed by atoms with E-state index in [1.54, 1.807) is 0 Å². The molecule has 0 bridgehead atoms. The Balaban J connectivity index is 1.45. The molecule has 3 rings (SSSR count). The highest BCUT2D eigenvalue weighted by Gasteiger charge is 2.30. The lowest BCUT2D eigenvalue weighted by Gasteiger charge is -2.16. The Morgan fingerprint density at radius 3 is 2.95 bits per heavy atom. The Hall–Kier alpha value is -1.02. The van der Waals surface area contributed by atoms with Crippen LogP contribution in [0.4, 0.5) is 0 Å². The molecule has 1 fully saturated rings. The van der Waals surface area contributed by atoms with Gasteiger partial charge in [-0.25, -0.2) is 0 Å². The first kappa shape index (κ1) is 13.0. The summed E-state index contributed by atoms with van der Waals surface area (Å²) in [6.45, 7) is 2.15. The molecule has 104 valence electrons. The third-order valence-electron chi connectivity index (χ3n) is 4.56. The molecule has 2 unspecified atom stereocenters.